The molecule has 1 aliphatic rings. The van der Waals surface area contributed by atoms with Gasteiger partial charge in [-0.1, -0.05) is 36.4 Å². The first-order chi connectivity index (χ1) is 17.5. The third kappa shape index (κ3) is 5.78. The number of aliphatic imine (C=N–C) groups is 1. The third-order valence-electron chi connectivity index (χ3n) is 5.44. The van der Waals surface area contributed by atoms with Crippen LogP contribution >= 0.6 is 11.8 Å². The van der Waals surface area contributed by atoms with Gasteiger partial charge in [-0.3, -0.25) is 9.69 Å². The van der Waals surface area contributed by atoms with Crippen molar-refractivity contribution < 1.29 is 23.8 Å². The summed E-state index contributed by atoms with van der Waals surface area (Å²) in [6.07, 6.45) is 1.82. The minimum atomic E-state index is -0.410. The van der Waals surface area contributed by atoms with Crippen molar-refractivity contribution in [3.05, 3.63) is 94.4 Å². The van der Waals surface area contributed by atoms with Crippen LogP contribution in [-0.2, 0) is 16.1 Å². The molecule has 0 spiro atoms. The van der Waals surface area contributed by atoms with Crippen molar-refractivity contribution >= 4 is 40.6 Å². The molecule has 0 aliphatic carbocycles. The van der Waals surface area contributed by atoms with Gasteiger partial charge in [-0.25, -0.2) is 9.79 Å². The second kappa shape index (κ2) is 11.6. The average Bonchev–Trinajstić information content (AvgIpc) is 3.21. The largest absolute Gasteiger partial charge is 0.493 e. The van der Waals surface area contributed by atoms with E-state index in [4.69, 9.17) is 14.2 Å². The molecule has 0 bridgehead atoms. The first kappa shape index (κ1) is 25.1. The fourth-order valence-corrected chi connectivity index (χ4v) is 4.61. The lowest BCUT2D eigenvalue weighted by Crippen LogP contribution is -2.28. The normalized spacial score (nSPS) is 15.4. The predicted octanol–water partition coefficient (Wildman–Crippen LogP) is 5.68. The standard InChI is InChI=1S/C28H26N2O5S/c1-4-30-26(31)25(36-28(30)29-22-13-11-21(12-14-22)27(32)34-3)17-20-10-15-23(24(16-20)33-2)35-18-19-8-6-5-7-9-19/h5-17H,4,18H2,1-3H3/b25-17+,29-28?. The first-order valence-corrected chi connectivity index (χ1v) is 12.2. The molecule has 7 nitrogen and oxygen atoms in total. The highest BCUT2D eigenvalue weighted by Crippen LogP contribution is 2.36. The molecular weight excluding hydrogens is 476 g/mol. The lowest BCUT2D eigenvalue weighted by molar-refractivity contribution is -0.122. The van der Waals surface area contributed by atoms with Gasteiger partial charge in [-0.2, -0.15) is 0 Å². The Morgan fingerprint density at radius 2 is 1.75 bits per heavy atom. The van der Waals surface area contributed by atoms with Crippen LogP contribution in [0.25, 0.3) is 6.08 Å². The van der Waals surface area contributed by atoms with Crippen LogP contribution < -0.4 is 9.47 Å². The van der Waals surface area contributed by atoms with E-state index in [1.54, 1.807) is 36.3 Å². The van der Waals surface area contributed by atoms with E-state index >= 15 is 0 Å². The van der Waals surface area contributed by atoms with Crippen molar-refractivity contribution in [3.8, 4) is 11.5 Å². The number of hydrogen-bond acceptors (Lipinski definition) is 7. The van der Waals surface area contributed by atoms with Gasteiger partial charge in [-0.15, -0.1) is 0 Å². The molecule has 3 aromatic rings. The van der Waals surface area contributed by atoms with E-state index in [-0.39, 0.29) is 5.91 Å². The van der Waals surface area contributed by atoms with Gasteiger partial charge < -0.3 is 14.2 Å². The summed E-state index contributed by atoms with van der Waals surface area (Å²) in [7, 11) is 2.93. The van der Waals surface area contributed by atoms with E-state index in [0.717, 1.165) is 11.1 Å². The Morgan fingerprint density at radius 1 is 1.00 bits per heavy atom. The number of amidine groups is 1. The van der Waals surface area contributed by atoms with Crippen LogP contribution in [0, 0.1) is 0 Å². The lowest BCUT2D eigenvalue weighted by atomic mass is 10.1. The van der Waals surface area contributed by atoms with Crippen molar-refractivity contribution in [2.24, 2.45) is 4.99 Å². The van der Waals surface area contributed by atoms with Gasteiger partial charge in [0.2, 0.25) is 0 Å². The minimum Gasteiger partial charge on any atom is -0.493 e. The summed E-state index contributed by atoms with van der Waals surface area (Å²) in [4.78, 5) is 31.5. The molecule has 4 rings (SSSR count). The summed E-state index contributed by atoms with van der Waals surface area (Å²) in [5.74, 6) is 0.687. The summed E-state index contributed by atoms with van der Waals surface area (Å²) in [6, 6.07) is 22.2. The molecule has 0 radical (unpaired) electrons. The number of thioether (sulfide) groups is 1. The average molecular weight is 503 g/mol. The molecule has 1 heterocycles. The zero-order valence-corrected chi connectivity index (χ0v) is 21.1. The van der Waals surface area contributed by atoms with Gasteiger partial charge in [0.15, 0.2) is 16.7 Å². The topological polar surface area (TPSA) is 77.4 Å². The monoisotopic (exact) mass is 502 g/mol. The van der Waals surface area contributed by atoms with Crippen LogP contribution in [0.4, 0.5) is 5.69 Å². The van der Waals surface area contributed by atoms with Gasteiger partial charge in [0, 0.05) is 6.54 Å². The van der Waals surface area contributed by atoms with E-state index in [9.17, 15) is 9.59 Å². The predicted molar refractivity (Wildman–Crippen MR) is 142 cm³/mol. The number of methoxy groups -OCH3 is 2. The van der Waals surface area contributed by atoms with Crippen molar-refractivity contribution in [1.82, 2.24) is 4.90 Å². The molecule has 1 aliphatic heterocycles. The maximum atomic E-state index is 13.0. The molecule has 184 valence electrons. The van der Waals surface area contributed by atoms with E-state index < -0.39 is 5.97 Å². The van der Waals surface area contributed by atoms with Crippen molar-refractivity contribution in [2.75, 3.05) is 20.8 Å². The van der Waals surface area contributed by atoms with E-state index in [0.29, 0.717) is 46.0 Å². The molecule has 0 saturated carbocycles. The van der Waals surface area contributed by atoms with Gasteiger partial charge in [0.25, 0.3) is 5.91 Å². The Hall–Kier alpha value is -4.04. The number of likely N-dealkylation sites (N-methyl/N-ethyl adjacent to an activating group) is 1. The van der Waals surface area contributed by atoms with Crippen molar-refractivity contribution in [1.29, 1.82) is 0 Å². The Bertz CT molecular complexity index is 1300. The number of amides is 1. The first-order valence-electron chi connectivity index (χ1n) is 11.4. The smallest absolute Gasteiger partial charge is 0.337 e. The maximum absolute atomic E-state index is 13.0. The summed E-state index contributed by atoms with van der Waals surface area (Å²) in [5.41, 5.74) is 2.95. The SMILES string of the molecule is CCN1C(=O)/C(=C\c2ccc(OCc3ccccc3)c(OC)c2)SC1=Nc1ccc(C(=O)OC)cc1. The van der Waals surface area contributed by atoms with Gasteiger partial charge in [0.1, 0.15) is 6.61 Å². The Morgan fingerprint density at radius 3 is 2.42 bits per heavy atom. The molecule has 0 N–H and O–H groups in total. The molecule has 0 unspecified atom stereocenters. The maximum Gasteiger partial charge on any atom is 0.337 e. The Balaban J connectivity index is 1.53. The van der Waals surface area contributed by atoms with Gasteiger partial charge in [0.05, 0.1) is 30.4 Å². The molecule has 1 fully saturated rings. The molecule has 1 saturated heterocycles. The van der Waals surface area contributed by atoms with Crippen molar-refractivity contribution in [3.63, 3.8) is 0 Å². The van der Waals surface area contributed by atoms with Crippen molar-refractivity contribution in [2.45, 2.75) is 13.5 Å². The summed E-state index contributed by atoms with van der Waals surface area (Å²) in [5, 5.41) is 0.578. The van der Waals surface area contributed by atoms with Crippen LogP contribution in [-0.4, -0.2) is 42.7 Å². The quantitative estimate of drug-likeness (QED) is 0.291. The van der Waals surface area contributed by atoms with Crippen LogP contribution in [0.5, 0.6) is 11.5 Å². The van der Waals surface area contributed by atoms with E-state index in [2.05, 4.69) is 4.99 Å². The molecular formula is C28H26N2O5S. The number of carbonyl (C=O) groups is 2. The number of carbonyl (C=O) groups excluding carboxylic acids is 2. The zero-order chi connectivity index (χ0) is 25.5. The highest BCUT2D eigenvalue weighted by atomic mass is 32.2. The number of ether oxygens (including phenoxy) is 3. The number of benzene rings is 3. The fraction of sp³-hybridized carbons (Fsp3) is 0.179. The second-order valence-electron chi connectivity index (χ2n) is 7.78. The Labute approximate surface area is 214 Å². The van der Waals surface area contributed by atoms with Crippen LogP contribution in [0.15, 0.2) is 82.7 Å². The minimum absolute atomic E-state index is 0.115. The number of hydrogen-bond donors (Lipinski definition) is 0. The van der Waals surface area contributed by atoms with Crippen LogP contribution in [0.1, 0.15) is 28.4 Å². The number of rotatable bonds is 8. The summed E-state index contributed by atoms with van der Waals surface area (Å²) < 4.78 is 16.2. The van der Waals surface area contributed by atoms with Gasteiger partial charge in [-0.05, 0) is 72.3 Å². The van der Waals surface area contributed by atoms with Crippen LogP contribution in [0.2, 0.25) is 0 Å². The molecule has 3 aromatic carbocycles. The zero-order valence-electron chi connectivity index (χ0n) is 20.3. The molecule has 0 atom stereocenters. The highest BCUT2D eigenvalue weighted by Gasteiger charge is 2.32. The Kier molecular flexibility index (Phi) is 8.07. The fourth-order valence-electron chi connectivity index (χ4n) is 3.55. The van der Waals surface area contributed by atoms with Crippen LogP contribution in [0.3, 0.4) is 0 Å². The highest BCUT2D eigenvalue weighted by molar-refractivity contribution is 8.18. The molecule has 0 aromatic heterocycles. The third-order valence-corrected chi connectivity index (χ3v) is 6.45. The number of nitrogens with zero attached hydrogens (tertiary/aromatic N) is 2. The lowest BCUT2D eigenvalue weighted by Gasteiger charge is -2.12. The molecule has 36 heavy (non-hydrogen) atoms. The number of esters is 1. The molecule has 8 heteroatoms. The molecule has 1 amide bonds. The summed E-state index contributed by atoms with van der Waals surface area (Å²) >= 11 is 1.31. The second-order valence-corrected chi connectivity index (χ2v) is 8.79. The summed E-state index contributed by atoms with van der Waals surface area (Å²) in [6.45, 7) is 2.81. The van der Waals surface area contributed by atoms with Gasteiger partial charge >= 0.3 is 5.97 Å². The van der Waals surface area contributed by atoms with E-state index in [1.807, 2.05) is 61.5 Å². The van der Waals surface area contributed by atoms with E-state index in [1.165, 1.54) is 18.9 Å².